The second-order valence-corrected chi connectivity index (χ2v) is 5.74. The SMILES string of the molecule is COc1cc(COP(C)(=O)OC)cc(OC)c1O. The van der Waals surface area contributed by atoms with Crippen molar-refractivity contribution in [1.29, 1.82) is 0 Å². The van der Waals surface area contributed by atoms with Crippen LogP contribution < -0.4 is 9.47 Å². The number of benzene rings is 1. The predicted molar refractivity (Wildman–Crippen MR) is 66.5 cm³/mol. The quantitative estimate of drug-likeness (QED) is 0.804. The van der Waals surface area contributed by atoms with Gasteiger partial charge in [-0.3, -0.25) is 4.57 Å². The third-order valence-electron chi connectivity index (χ3n) is 2.34. The molecule has 6 nitrogen and oxygen atoms in total. The Morgan fingerprint density at radius 1 is 1.17 bits per heavy atom. The fourth-order valence-electron chi connectivity index (χ4n) is 1.28. The van der Waals surface area contributed by atoms with Crippen molar-refractivity contribution in [3.63, 3.8) is 0 Å². The van der Waals surface area contributed by atoms with Crippen LogP contribution in [0.15, 0.2) is 12.1 Å². The molecule has 0 amide bonds. The lowest BCUT2D eigenvalue weighted by Crippen LogP contribution is -1.96. The highest BCUT2D eigenvalue weighted by atomic mass is 31.2. The Hall–Kier alpha value is -1.23. The van der Waals surface area contributed by atoms with Crippen LogP contribution in [0.3, 0.4) is 0 Å². The van der Waals surface area contributed by atoms with E-state index in [2.05, 4.69) is 0 Å². The molecule has 0 saturated carbocycles. The van der Waals surface area contributed by atoms with Crippen molar-refractivity contribution in [2.45, 2.75) is 6.61 Å². The molecule has 102 valence electrons. The zero-order valence-electron chi connectivity index (χ0n) is 10.8. The number of methoxy groups -OCH3 is 2. The molecule has 0 aliphatic rings. The van der Waals surface area contributed by atoms with Gasteiger partial charge in [0.25, 0.3) is 0 Å². The summed E-state index contributed by atoms with van der Waals surface area (Å²) in [6.45, 7) is 1.44. The summed E-state index contributed by atoms with van der Waals surface area (Å²) >= 11 is 0. The molecular formula is C11H17O6P. The van der Waals surface area contributed by atoms with Gasteiger partial charge in [0.1, 0.15) is 0 Å². The summed E-state index contributed by atoms with van der Waals surface area (Å²) in [6.07, 6.45) is 0. The summed E-state index contributed by atoms with van der Waals surface area (Å²) in [6, 6.07) is 3.15. The van der Waals surface area contributed by atoms with Gasteiger partial charge in [0.15, 0.2) is 11.5 Å². The molecule has 0 radical (unpaired) electrons. The summed E-state index contributed by atoms with van der Waals surface area (Å²) in [5.41, 5.74) is 0.653. The minimum Gasteiger partial charge on any atom is -0.502 e. The molecule has 7 heteroatoms. The van der Waals surface area contributed by atoms with Gasteiger partial charge in [-0.15, -0.1) is 0 Å². The lowest BCUT2D eigenvalue weighted by atomic mass is 10.2. The standard InChI is InChI=1S/C11H17O6P/c1-14-9-5-8(6-10(15-2)11(9)12)7-17-18(4,13)16-3/h5-6,12H,7H2,1-4H3. The molecule has 0 bridgehead atoms. The number of rotatable bonds is 6. The van der Waals surface area contributed by atoms with E-state index in [0.29, 0.717) is 5.56 Å². The highest BCUT2D eigenvalue weighted by Gasteiger charge is 2.16. The van der Waals surface area contributed by atoms with E-state index in [0.717, 1.165) is 0 Å². The van der Waals surface area contributed by atoms with Crippen LogP contribution in [0.25, 0.3) is 0 Å². The summed E-state index contributed by atoms with van der Waals surface area (Å²) in [4.78, 5) is 0. The highest BCUT2D eigenvalue weighted by Crippen LogP contribution is 2.44. The van der Waals surface area contributed by atoms with Crippen LogP contribution in [0.2, 0.25) is 0 Å². The average Bonchev–Trinajstić information content (AvgIpc) is 2.37. The Bertz CT molecular complexity index is 434. The maximum absolute atomic E-state index is 11.6. The van der Waals surface area contributed by atoms with Gasteiger partial charge in [0.05, 0.1) is 20.8 Å². The minimum atomic E-state index is -3.04. The van der Waals surface area contributed by atoms with E-state index in [9.17, 15) is 9.67 Å². The van der Waals surface area contributed by atoms with Crippen molar-refractivity contribution in [2.24, 2.45) is 0 Å². The fourth-order valence-corrected chi connectivity index (χ4v) is 1.76. The summed E-state index contributed by atoms with van der Waals surface area (Å²) in [5.74, 6) is 0.433. The van der Waals surface area contributed by atoms with Crippen LogP contribution in [-0.4, -0.2) is 33.1 Å². The Kier molecular flexibility index (Phi) is 5.02. The Morgan fingerprint density at radius 3 is 2.06 bits per heavy atom. The number of ether oxygens (including phenoxy) is 2. The van der Waals surface area contributed by atoms with Gasteiger partial charge in [-0.25, -0.2) is 0 Å². The first-order chi connectivity index (χ1) is 8.43. The Morgan fingerprint density at radius 2 is 1.67 bits per heavy atom. The number of hydrogen-bond acceptors (Lipinski definition) is 6. The first-order valence-electron chi connectivity index (χ1n) is 5.15. The zero-order chi connectivity index (χ0) is 13.8. The monoisotopic (exact) mass is 276 g/mol. The van der Waals surface area contributed by atoms with E-state index in [1.807, 2.05) is 0 Å². The van der Waals surface area contributed by atoms with Crippen LogP contribution in [-0.2, 0) is 20.2 Å². The summed E-state index contributed by atoms with van der Waals surface area (Å²) < 4.78 is 31.4. The maximum Gasteiger partial charge on any atom is 0.327 e. The number of phenols is 1. The average molecular weight is 276 g/mol. The molecular weight excluding hydrogens is 259 g/mol. The molecule has 1 aromatic carbocycles. The van der Waals surface area contributed by atoms with Gasteiger partial charge >= 0.3 is 7.60 Å². The molecule has 0 heterocycles. The topological polar surface area (TPSA) is 74.2 Å². The normalized spacial score (nSPS) is 14.0. The number of phenolic OH excluding ortho intramolecular Hbond substituents is 1. The van der Waals surface area contributed by atoms with Crippen molar-refractivity contribution < 1.29 is 28.2 Å². The van der Waals surface area contributed by atoms with E-state index >= 15 is 0 Å². The molecule has 1 aromatic rings. The summed E-state index contributed by atoms with van der Waals surface area (Å²) in [5, 5.41) is 9.72. The van der Waals surface area contributed by atoms with Crippen LogP contribution in [0.5, 0.6) is 17.2 Å². The van der Waals surface area contributed by atoms with E-state index < -0.39 is 7.60 Å². The minimum absolute atomic E-state index is 0.0641. The lowest BCUT2D eigenvalue weighted by Gasteiger charge is -2.14. The van der Waals surface area contributed by atoms with Gasteiger partial charge in [0, 0.05) is 13.8 Å². The van der Waals surface area contributed by atoms with Crippen LogP contribution in [0.1, 0.15) is 5.56 Å². The molecule has 18 heavy (non-hydrogen) atoms. The van der Waals surface area contributed by atoms with E-state index in [1.54, 1.807) is 12.1 Å². The molecule has 0 aliphatic heterocycles. The van der Waals surface area contributed by atoms with Crippen molar-refractivity contribution in [3.05, 3.63) is 17.7 Å². The van der Waals surface area contributed by atoms with E-state index in [4.69, 9.17) is 18.5 Å². The van der Waals surface area contributed by atoms with Gasteiger partial charge in [0.2, 0.25) is 5.75 Å². The number of aromatic hydroxyl groups is 1. The molecule has 0 saturated heterocycles. The molecule has 0 fully saturated rings. The van der Waals surface area contributed by atoms with Crippen molar-refractivity contribution in [1.82, 2.24) is 0 Å². The first kappa shape index (κ1) is 14.8. The van der Waals surface area contributed by atoms with Crippen molar-refractivity contribution in [2.75, 3.05) is 28.0 Å². The van der Waals surface area contributed by atoms with Crippen LogP contribution in [0.4, 0.5) is 0 Å². The van der Waals surface area contributed by atoms with Crippen LogP contribution >= 0.6 is 7.60 Å². The smallest absolute Gasteiger partial charge is 0.327 e. The number of hydrogen-bond donors (Lipinski definition) is 1. The van der Waals surface area contributed by atoms with Gasteiger partial charge in [-0.05, 0) is 17.7 Å². The molecule has 1 atom stereocenters. The van der Waals surface area contributed by atoms with Gasteiger partial charge in [-0.2, -0.15) is 0 Å². The second kappa shape index (κ2) is 6.09. The second-order valence-electron chi connectivity index (χ2n) is 3.58. The lowest BCUT2D eigenvalue weighted by molar-refractivity contribution is 0.229. The van der Waals surface area contributed by atoms with Gasteiger partial charge in [-0.1, -0.05) is 0 Å². The van der Waals surface area contributed by atoms with Crippen molar-refractivity contribution >= 4 is 7.60 Å². The third-order valence-corrected chi connectivity index (χ3v) is 3.60. The molecule has 0 aromatic heterocycles. The molecule has 0 spiro atoms. The molecule has 1 N–H and O–H groups in total. The zero-order valence-corrected chi connectivity index (χ0v) is 11.7. The van der Waals surface area contributed by atoms with Crippen molar-refractivity contribution in [3.8, 4) is 17.2 Å². The Balaban J connectivity index is 2.93. The Labute approximate surface area is 106 Å². The molecule has 1 rings (SSSR count). The van der Waals surface area contributed by atoms with E-state index in [1.165, 1.54) is 28.0 Å². The summed E-state index contributed by atoms with van der Waals surface area (Å²) in [7, 11) is 1.14. The third kappa shape index (κ3) is 3.63. The van der Waals surface area contributed by atoms with Crippen LogP contribution in [0, 0.1) is 0 Å². The maximum atomic E-state index is 11.6. The van der Waals surface area contributed by atoms with Gasteiger partial charge < -0.3 is 23.6 Å². The first-order valence-corrected chi connectivity index (χ1v) is 7.14. The highest BCUT2D eigenvalue weighted by molar-refractivity contribution is 7.52. The molecule has 0 aliphatic carbocycles. The molecule has 1 unspecified atom stereocenters. The predicted octanol–water partition coefficient (Wildman–Crippen LogP) is 2.40. The largest absolute Gasteiger partial charge is 0.502 e. The fraction of sp³-hybridized carbons (Fsp3) is 0.455. The van der Waals surface area contributed by atoms with E-state index in [-0.39, 0.29) is 23.9 Å².